The lowest BCUT2D eigenvalue weighted by Gasteiger charge is -2.11. The maximum absolute atomic E-state index is 9.29. The maximum atomic E-state index is 9.29. The fraction of sp³-hybridized carbons (Fsp3) is 0.143. The molecule has 0 bridgehead atoms. The Balaban J connectivity index is 2.51. The second kappa shape index (κ2) is 5.61. The normalized spacial score (nSPS) is 10.6. The van der Waals surface area contributed by atoms with Gasteiger partial charge in [0, 0.05) is 10.6 Å². The van der Waals surface area contributed by atoms with Gasteiger partial charge in [0.15, 0.2) is 0 Å². The Hall–Kier alpha value is -1.22. The Morgan fingerprint density at radius 2 is 1.67 bits per heavy atom. The molecule has 3 N–H and O–H groups in total. The summed E-state index contributed by atoms with van der Waals surface area (Å²) in [6.45, 7) is 0.498. The lowest BCUT2D eigenvalue weighted by atomic mass is 10.0. The molecule has 0 aliphatic heterocycles. The fourth-order valence-electron chi connectivity index (χ4n) is 1.84. The van der Waals surface area contributed by atoms with Gasteiger partial charge in [0.2, 0.25) is 0 Å². The average molecular weight is 282 g/mol. The second-order valence-corrected chi connectivity index (χ2v) is 4.76. The molecule has 0 atom stereocenters. The van der Waals surface area contributed by atoms with E-state index in [-0.39, 0.29) is 5.75 Å². The molecule has 2 rings (SSSR count). The van der Waals surface area contributed by atoms with Crippen molar-refractivity contribution in [2.75, 3.05) is 6.54 Å². The predicted molar refractivity (Wildman–Crippen MR) is 76.3 cm³/mol. The zero-order valence-electron chi connectivity index (χ0n) is 9.66. The van der Waals surface area contributed by atoms with E-state index in [0.717, 1.165) is 16.7 Å². The minimum absolute atomic E-state index is 0.228. The van der Waals surface area contributed by atoms with Crippen molar-refractivity contribution in [2.45, 2.75) is 6.42 Å². The molecule has 0 aliphatic carbocycles. The monoisotopic (exact) mass is 281 g/mol. The van der Waals surface area contributed by atoms with Crippen molar-refractivity contribution >= 4 is 23.2 Å². The Kier molecular flexibility index (Phi) is 4.12. The number of hydrogen-bond acceptors (Lipinski definition) is 2. The minimum atomic E-state index is 0.228. The average Bonchev–Trinajstić information content (AvgIpc) is 2.36. The van der Waals surface area contributed by atoms with Crippen LogP contribution >= 0.6 is 23.2 Å². The SMILES string of the molecule is NCCc1c(Cl)ccc(-c2ccc(O)cc2)c1Cl. The van der Waals surface area contributed by atoms with Crippen molar-refractivity contribution < 1.29 is 5.11 Å². The first-order chi connectivity index (χ1) is 8.63. The van der Waals surface area contributed by atoms with E-state index in [0.29, 0.717) is 23.0 Å². The van der Waals surface area contributed by atoms with Crippen LogP contribution in [-0.2, 0) is 6.42 Å². The van der Waals surface area contributed by atoms with Crippen molar-refractivity contribution in [1.29, 1.82) is 0 Å². The van der Waals surface area contributed by atoms with Gasteiger partial charge in [-0.3, -0.25) is 0 Å². The van der Waals surface area contributed by atoms with E-state index < -0.39 is 0 Å². The van der Waals surface area contributed by atoms with E-state index in [9.17, 15) is 5.11 Å². The summed E-state index contributed by atoms with van der Waals surface area (Å²) in [7, 11) is 0. The summed E-state index contributed by atoms with van der Waals surface area (Å²) in [4.78, 5) is 0. The van der Waals surface area contributed by atoms with Crippen LogP contribution < -0.4 is 5.73 Å². The molecule has 94 valence electrons. The van der Waals surface area contributed by atoms with E-state index in [1.807, 2.05) is 24.3 Å². The van der Waals surface area contributed by atoms with Gasteiger partial charge < -0.3 is 10.8 Å². The number of benzene rings is 2. The second-order valence-electron chi connectivity index (χ2n) is 3.97. The Bertz CT molecular complexity index is 552. The number of phenols is 1. The van der Waals surface area contributed by atoms with E-state index in [4.69, 9.17) is 28.9 Å². The molecule has 0 unspecified atom stereocenters. The van der Waals surface area contributed by atoms with E-state index in [1.165, 1.54) is 0 Å². The molecular weight excluding hydrogens is 269 g/mol. The summed E-state index contributed by atoms with van der Waals surface area (Å²) in [6, 6.07) is 10.6. The summed E-state index contributed by atoms with van der Waals surface area (Å²) in [5.41, 5.74) is 8.25. The summed E-state index contributed by atoms with van der Waals surface area (Å²) < 4.78 is 0. The number of phenolic OH excluding ortho intramolecular Hbond substituents is 1. The highest BCUT2D eigenvalue weighted by Crippen LogP contribution is 2.35. The molecule has 0 aliphatic rings. The number of halogens is 2. The van der Waals surface area contributed by atoms with Crippen LogP contribution in [0.3, 0.4) is 0 Å². The highest BCUT2D eigenvalue weighted by Gasteiger charge is 2.11. The van der Waals surface area contributed by atoms with Gasteiger partial charge in [0.05, 0.1) is 5.02 Å². The first-order valence-electron chi connectivity index (χ1n) is 5.60. The Morgan fingerprint density at radius 1 is 1.00 bits per heavy atom. The third-order valence-electron chi connectivity index (χ3n) is 2.76. The van der Waals surface area contributed by atoms with Crippen molar-refractivity contribution in [3.63, 3.8) is 0 Å². The standard InChI is InChI=1S/C14H13Cl2NO/c15-13-6-5-11(14(16)12(13)7-8-17)9-1-3-10(18)4-2-9/h1-6,18H,7-8,17H2. The van der Waals surface area contributed by atoms with Crippen molar-refractivity contribution in [3.8, 4) is 16.9 Å². The van der Waals surface area contributed by atoms with E-state index >= 15 is 0 Å². The third kappa shape index (κ3) is 2.61. The first-order valence-corrected chi connectivity index (χ1v) is 6.35. The zero-order chi connectivity index (χ0) is 13.1. The number of hydrogen-bond donors (Lipinski definition) is 2. The van der Waals surface area contributed by atoms with Gasteiger partial charge in [0.25, 0.3) is 0 Å². The van der Waals surface area contributed by atoms with Crippen molar-refractivity contribution in [3.05, 3.63) is 52.0 Å². The molecule has 0 saturated heterocycles. The maximum Gasteiger partial charge on any atom is 0.115 e. The van der Waals surface area contributed by atoms with Gasteiger partial charge in [-0.25, -0.2) is 0 Å². The third-order valence-corrected chi connectivity index (χ3v) is 3.54. The molecule has 0 amide bonds. The molecule has 0 heterocycles. The zero-order valence-corrected chi connectivity index (χ0v) is 11.2. The van der Waals surface area contributed by atoms with Gasteiger partial charge in [-0.15, -0.1) is 0 Å². The molecule has 0 saturated carbocycles. The summed E-state index contributed by atoms with van der Waals surface area (Å²) in [5, 5.41) is 10.5. The van der Waals surface area contributed by atoms with Crippen LogP contribution in [-0.4, -0.2) is 11.7 Å². The molecular formula is C14H13Cl2NO. The predicted octanol–water partition coefficient (Wildman–Crippen LogP) is 3.87. The molecule has 0 fully saturated rings. The molecule has 2 nitrogen and oxygen atoms in total. The summed E-state index contributed by atoms with van der Waals surface area (Å²) in [6.07, 6.45) is 0.642. The van der Waals surface area contributed by atoms with Crippen LogP contribution in [0.1, 0.15) is 5.56 Å². The van der Waals surface area contributed by atoms with Crippen LogP contribution in [0, 0.1) is 0 Å². The molecule has 0 radical (unpaired) electrons. The Labute approximate surface area is 116 Å². The van der Waals surface area contributed by atoms with Crippen LogP contribution in [0.5, 0.6) is 5.75 Å². The van der Waals surface area contributed by atoms with Gasteiger partial charge >= 0.3 is 0 Å². The van der Waals surface area contributed by atoms with Gasteiger partial charge in [-0.05, 0) is 42.3 Å². The number of aromatic hydroxyl groups is 1. The van der Waals surface area contributed by atoms with Crippen LogP contribution in [0.2, 0.25) is 10.0 Å². The summed E-state index contributed by atoms with van der Waals surface area (Å²) in [5.74, 6) is 0.228. The minimum Gasteiger partial charge on any atom is -0.508 e. The lowest BCUT2D eigenvalue weighted by Crippen LogP contribution is -2.04. The number of rotatable bonds is 3. The van der Waals surface area contributed by atoms with E-state index in [1.54, 1.807) is 12.1 Å². The largest absolute Gasteiger partial charge is 0.508 e. The molecule has 0 aromatic heterocycles. The topological polar surface area (TPSA) is 46.2 Å². The fourth-order valence-corrected chi connectivity index (χ4v) is 2.50. The molecule has 4 heteroatoms. The van der Waals surface area contributed by atoms with Gasteiger partial charge in [-0.1, -0.05) is 41.4 Å². The Morgan fingerprint density at radius 3 is 2.28 bits per heavy atom. The van der Waals surface area contributed by atoms with Crippen LogP contribution in [0.25, 0.3) is 11.1 Å². The smallest absolute Gasteiger partial charge is 0.115 e. The molecule has 2 aromatic carbocycles. The van der Waals surface area contributed by atoms with Crippen LogP contribution in [0.15, 0.2) is 36.4 Å². The highest BCUT2D eigenvalue weighted by molar-refractivity contribution is 6.37. The molecule has 0 spiro atoms. The van der Waals surface area contributed by atoms with Gasteiger partial charge in [-0.2, -0.15) is 0 Å². The van der Waals surface area contributed by atoms with Crippen molar-refractivity contribution in [2.24, 2.45) is 5.73 Å². The van der Waals surface area contributed by atoms with E-state index in [2.05, 4.69) is 0 Å². The highest BCUT2D eigenvalue weighted by atomic mass is 35.5. The molecule has 18 heavy (non-hydrogen) atoms. The quantitative estimate of drug-likeness (QED) is 0.897. The van der Waals surface area contributed by atoms with Crippen molar-refractivity contribution in [1.82, 2.24) is 0 Å². The van der Waals surface area contributed by atoms with Gasteiger partial charge in [0.1, 0.15) is 5.75 Å². The lowest BCUT2D eigenvalue weighted by molar-refractivity contribution is 0.475. The number of nitrogens with two attached hydrogens (primary N) is 1. The molecule has 2 aromatic rings. The summed E-state index contributed by atoms with van der Waals surface area (Å²) >= 11 is 12.5. The van der Waals surface area contributed by atoms with Crippen LogP contribution in [0.4, 0.5) is 0 Å². The first kappa shape index (κ1) is 13.2.